The highest BCUT2D eigenvalue weighted by Gasteiger charge is 2.20. The minimum atomic E-state index is 0.112. The number of benzene rings is 1. The summed E-state index contributed by atoms with van der Waals surface area (Å²) >= 11 is 0. The molecule has 9 nitrogen and oxygen atoms in total. The summed E-state index contributed by atoms with van der Waals surface area (Å²) in [6.07, 6.45) is 4.41. The number of carbonyl (C=O) groups is 1. The molecule has 9 heteroatoms. The van der Waals surface area contributed by atoms with Gasteiger partial charge in [0.25, 0.3) is 0 Å². The highest BCUT2D eigenvalue weighted by molar-refractivity contribution is 5.76. The smallest absolute Gasteiger partial charge is 0.224 e. The van der Waals surface area contributed by atoms with E-state index in [1.54, 1.807) is 4.68 Å². The second-order valence-corrected chi connectivity index (χ2v) is 6.61. The molecular formula is C18H22N8O. The number of nitrogens with zero attached hydrogens (tertiary/aromatic N) is 8. The molecule has 140 valence electrons. The van der Waals surface area contributed by atoms with Gasteiger partial charge in [-0.05, 0) is 22.4 Å². The fourth-order valence-electron chi connectivity index (χ4n) is 3.26. The average Bonchev–Trinajstić information content (AvgIpc) is 3.31. The third-order valence-electron chi connectivity index (χ3n) is 4.76. The summed E-state index contributed by atoms with van der Waals surface area (Å²) in [5.41, 5.74) is 1.29. The summed E-state index contributed by atoms with van der Waals surface area (Å²) < 4.78 is 3.52. The molecule has 0 saturated heterocycles. The Morgan fingerprint density at radius 1 is 1.07 bits per heavy atom. The van der Waals surface area contributed by atoms with Gasteiger partial charge in [-0.1, -0.05) is 30.3 Å². The lowest BCUT2D eigenvalue weighted by Crippen LogP contribution is -2.34. The maximum absolute atomic E-state index is 12.4. The van der Waals surface area contributed by atoms with E-state index in [1.807, 2.05) is 15.6 Å². The Bertz CT molecular complexity index is 849. The van der Waals surface area contributed by atoms with Crippen LogP contribution in [0.2, 0.25) is 0 Å². The molecule has 0 saturated carbocycles. The maximum Gasteiger partial charge on any atom is 0.224 e. The Kier molecular flexibility index (Phi) is 5.17. The fourth-order valence-corrected chi connectivity index (χ4v) is 3.26. The Hall–Kier alpha value is -3.10. The zero-order valence-corrected chi connectivity index (χ0v) is 15.1. The van der Waals surface area contributed by atoms with Gasteiger partial charge in [-0.3, -0.25) is 4.79 Å². The normalized spacial score (nSPS) is 14.0. The van der Waals surface area contributed by atoms with Crippen LogP contribution in [0.25, 0.3) is 0 Å². The number of aromatic nitrogens is 7. The van der Waals surface area contributed by atoms with Crippen molar-refractivity contribution >= 4 is 5.91 Å². The molecule has 3 heterocycles. The predicted molar refractivity (Wildman–Crippen MR) is 96.6 cm³/mol. The molecule has 1 aliphatic heterocycles. The van der Waals surface area contributed by atoms with Gasteiger partial charge in [0, 0.05) is 32.4 Å². The third kappa shape index (κ3) is 4.36. The van der Waals surface area contributed by atoms with Crippen molar-refractivity contribution < 1.29 is 4.79 Å². The molecule has 3 aromatic rings. The standard InChI is InChI=1S/C18H22N8O/c27-18(9-11-25-14-19-22-23-25)24-10-8-17-20-16(21-26(17)13-12-24)7-6-15-4-2-1-3-5-15/h1-5,14H,6-13H2. The lowest BCUT2D eigenvalue weighted by Gasteiger charge is -2.19. The Labute approximate surface area is 157 Å². The van der Waals surface area contributed by atoms with Gasteiger partial charge in [-0.15, -0.1) is 5.10 Å². The van der Waals surface area contributed by atoms with Gasteiger partial charge >= 0.3 is 0 Å². The number of hydrogen-bond donors (Lipinski definition) is 0. The van der Waals surface area contributed by atoms with Gasteiger partial charge in [0.2, 0.25) is 5.91 Å². The molecule has 0 N–H and O–H groups in total. The fraction of sp³-hybridized carbons (Fsp3) is 0.444. The summed E-state index contributed by atoms with van der Waals surface area (Å²) in [7, 11) is 0. The van der Waals surface area contributed by atoms with E-state index < -0.39 is 0 Å². The molecule has 1 aromatic carbocycles. The van der Waals surface area contributed by atoms with Crippen LogP contribution in [-0.4, -0.2) is 58.9 Å². The number of tetrazole rings is 1. The number of amides is 1. The van der Waals surface area contributed by atoms with Crippen molar-refractivity contribution in [1.82, 2.24) is 39.9 Å². The zero-order valence-electron chi connectivity index (χ0n) is 15.1. The van der Waals surface area contributed by atoms with Crippen LogP contribution in [0.5, 0.6) is 0 Å². The molecule has 27 heavy (non-hydrogen) atoms. The summed E-state index contributed by atoms with van der Waals surface area (Å²) in [6.45, 7) is 2.51. The van der Waals surface area contributed by atoms with Crippen LogP contribution >= 0.6 is 0 Å². The minimum absolute atomic E-state index is 0.112. The van der Waals surface area contributed by atoms with Crippen LogP contribution < -0.4 is 0 Å². The van der Waals surface area contributed by atoms with E-state index in [0.717, 1.165) is 30.9 Å². The first-order valence-electron chi connectivity index (χ1n) is 9.23. The summed E-state index contributed by atoms with van der Waals surface area (Å²) in [5, 5.41) is 15.6. The van der Waals surface area contributed by atoms with E-state index in [9.17, 15) is 4.79 Å². The van der Waals surface area contributed by atoms with E-state index in [0.29, 0.717) is 32.6 Å². The summed E-state index contributed by atoms with van der Waals surface area (Å²) in [4.78, 5) is 19.0. The monoisotopic (exact) mass is 366 g/mol. The van der Waals surface area contributed by atoms with Crippen molar-refractivity contribution in [3.05, 3.63) is 53.9 Å². The Morgan fingerprint density at radius 3 is 2.78 bits per heavy atom. The second kappa shape index (κ2) is 8.07. The van der Waals surface area contributed by atoms with E-state index in [1.165, 1.54) is 11.9 Å². The molecule has 2 aromatic heterocycles. The lowest BCUT2D eigenvalue weighted by atomic mass is 10.1. The number of fused-ring (bicyclic) bond motifs is 1. The van der Waals surface area contributed by atoms with Crippen LogP contribution in [-0.2, 0) is 37.1 Å². The van der Waals surface area contributed by atoms with Crippen molar-refractivity contribution in [2.24, 2.45) is 0 Å². The van der Waals surface area contributed by atoms with E-state index in [4.69, 9.17) is 0 Å². The van der Waals surface area contributed by atoms with Crippen molar-refractivity contribution in [1.29, 1.82) is 0 Å². The van der Waals surface area contributed by atoms with Crippen molar-refractivity contribution in [2.75, 3.05) is 13.1 Å². The quantitative estimate of drug-likeness (QED) is 0.631. The van der Waals surface area contributed by atoms with Crippen LogP contribution in [0.15, 0.2) is 36.7 Å². The van der Waals surface area contributed by atoms with Gasteiger partial charge in [0.1, 0.15) is 12.2 Å². The number of rotatable bonds is 6. The topological polar surface area (TPSA) is 94.6 Å². The molecule has 0 fully saturated rings. The van der Waals surface area contributed by atoms with Crippen LogP contribution in [0.1, 0.15) is 23.6 Å². The van der Waals surface area contributed by atoms with Crippen molar-refractivity contribution in [3.8, 4) is 0 Å². The largest absolute Gasteiger partial charge is 0.340 e. The van der Waals surface area contributed by atoms with Gasteiger partial charge in [-0.25, -0.2) is 14.3 Å². The lowest BCUT2D eigenvalue weighted by molar-refractivity contribution is -0.131. The van der Waals surface area contributed by atoms with Gasteiger partial charge in [0.05, 0.1) is 13.1 Å². The van der Waals surface area contributed by atoms with Crippen molar-refractivity contribution in [2.45, 2.75) is 38.8 Å². The molecule has 0 unspecified atom stereocenters. The molecule has 1 aliphatic rings. The first kappa shape index (κ1) is 17.3. The summed E-state index contributed by atoms with van der Waals surface area (Å²) in [6, 6.07) is 10.4. The number of carbonyl (C=O) groups excluding carboxylic acids is 1. The molecular weight excluding hydrogens is 344 g/mol. The van der Waals surface area contributed by atoms with E-state index in [-0.39, 0.29) is 5.91 Å². The van der Waals surface area contributed by atoms with Crippen LogP contribution in [0.3, 0.4) is 0 Å². The Balaban J connectivity index is 1.30. The molecule has 1 amide bonds. The van der Waals surface area contributed by atoms with E-state index in [2.05, 4.69) is 49.9 Å². The first-order valence-corrected chi connectivity index (χ1v) is 9.23. The number of hydrogen-bond acceptors (Lipinski definition) is 6. The molecule has 0 atom stereocenters. The summed E-state index contributed by atoms with van der Waals surface area (Å²) in [5.74, 6) is 1.96. The van der Waals surface area contributed by atoms with Crippen molar-refractivity contribution in [3.63, 3.8) is 0 Å². The van der Waals surface area contributed by atoms with Crippen LogP contribution in [0, 0.1) is 0 Å². The highest BCUT2D eigenvalue weighted by Crippen LogP contribution is 2.11. The molecule has 0 radical (unpaired) electrons. The highest BCUT2D eigenvalue weighted by atomic mass is 16.2. The van der Waals surface area contributed by atoms with Gasteiger partial charge in [-0.2, -0.15) is 5.10 Å². The zero-order chi connectivity index (χ0) is 18.5. The van der Waals surface area contributed by atoms with Gasteiger partial charge in [0.15, 0.2) is 5.82 Å². The minimum Gasteiger partial charge on any atom is -0.340 e. The first-order chi connectivity index (χ1) is 13.3. The molecule has 4 rings (SSSR count). The van der Waals surface area contributed by atoms with E-state index >= 15 is 0 Å². The second-order valence-electron chi connectivity index (χ2n) is 6.61. The van der Waals surface area contributed by atoms with Gasteiger partial charge < -0.3 is 4.90 Å². The number of aryl methyl sites for hydroxylation is 3. The Morgan fingerprint density at radius 2 is 1.96 bits per heavy atom. The average molecular weight is 366 g/mol. The molecule has 0 bridgehead atoms. The molecule has 0 spiro atoms. The maximum atomic E-state index is 12.4. The third-order valence-corrected chi connectivity index (χ3v) is 4.76. The predicted octanol–water partition coefficient (Wildman–Crippen LogP) is 0.525. The van der Waals surface area contributed by atoms with Crippen LogP contribution in [0.4, 0.5) is 0 Å². The SMILES string of the molecule is O=C(CCn1cnnn1)N1CCc2nc(CCc3ccccc3)nn2CC1. The molecule has 0 aliphatic carbocycles.